The zero-order valence-electron chi connectivity index (χ0n) is 11.0. The van der Waals surface area contributed by atoms with Crippen LogP contribution in [-0.2, 0) is 4.79 Å². The third-order valence-electron chi connectivity index (χ3n) is 3.34. The van der Waals surface area contributed by atoms with E-state index in [1.54, 1.807) is 17.9 Å². The molecular formula is C13H17N3O3. The summed E-state index contributed by atoms with van der Waals surface area (Å²) in [6, 6.07) is 4.46. The van der Waals surface area contributed by atoms with Crippen LogP contribution in [0.3, 0.4) is 0 Å². The van der Waals surface area contributed by atoms with Crippen molar-refractivity contribution in [1.29, 1.82) is 0 Å². The summed E-state index contributed by atoms with van der Waals surface area (Å²) in [6.07, 6.45) is 0.767. The van der Waals surface area contributed by atoms with Crippen molar-refractivity contribution in [3.63, 3.8) is 0 Å². The van der Waals surface area contributed by atoms with Crippen molar-refractivity contribution in [3.8, 4) is 0 Å². The van der Waals surface area contributed by atoms with Crippen molar-refractivity contribution in [3.05, 3.63) is 33.9 Å². The Morgan fingerprint density at radius 2 is 2.26 bits per heavy atom. The second-order valence-corrected chi connectivity index (χ2v) is 4.62. The molecule has 1 aromatic carbocycles. The smallest absolute Gasteiger partial charge is 0.269 e. The molecule has 6 heteroatoms. The number of anilines is 1. The summed E-state index contributed by atoms with van der Waals surface area (Å²) < 4.78 is 0. The van der Waals surface area contributed by atoms with Crippen LogP contribution in [0.1, 0.15) is 18.9 Å². The lowest BCUT2D eigenvalue weighted by atomic mass is 10.1. The molecule has 0 bridgehead atoms. The fourth-order valence-electron chi connectivity index (χ4n) is 2.41. The number of aryl methyl sites for hydroxylation is 1. The number of non-ortho nitro benzene ring substituents is 1. The number of nitro groups is 1. The Morgan fingerprint density at radius 3 is 2.84 bits per heavy atom. The molecule has 1 atom stereocenters. The third-order valence-corrected chi connectivity index (χ3v) is 3.34. The summed E-state index contributed by atoms with van der Waals surface area (Å²) >= 11 is 0. The van der Waals surface area contributed by atoms with Gasteiger partial charge in [-0.2, -0.15) is 0 Å². The minimum atomic E-state index is -0.427. The van der Waals surface area contributed by atoms with Gasteiger partial charge in [0.1, 0.15) is 0 Å². The summed E-state index contributed by atoms with van der Waals surface area (Å²) in [6.45, 7) is 5.15. The van der Waals surface area contributed by atoms with E-state index in [1.165, 1.54) is 12.1 Å². The standard InChI is InChI=1S/C13H17N3O3/c1-3-14-11-6-7-15(13(11)17)12-5-4-10(16(18)19)8-9(12)2/h4-5,8,11,14H,3,6-7H2,1-2H3. The normalized spacial score (nSPS) is 18.9. The zero-order valence-corrected chi connectivity index (χ0v) is 11.0. The maximum atomic E-state index is 12.2. The number of amides is 1. The van der Waals surface area contributed by atoms with Gasteiger partial charge >= 0.3 is 0 Å². The van der Waals surface area contributed by atoms with E-state index in [0.717, 1.165) is 24.2 Å². The van der Waals surface area contributed by atoms with Crippen LogP contribution in [-0.4, -0.2) is 30.0 Å². The van der Waals surface area contributed by atoms with Gasteiger partial charge in [-0.3, -0.25) is 14.9 Å². The maximum Gasteiger partial charge on any atom is 0.269 e. The highest BCUT2D eigenvalue weighted by atomic mass is 16.6. The average molecular weight is 263 g/mol. The Hall–Kier alpha value is -1.95. The van der Waals surface area contributed by atoms with Crippen LogP contribution in [0.2, 0.25) is 0 Å². The first-order valence-corrected chi connectivity index (χ1v) is 6.34. The van der Waals surface area contributed by atoms with Gasteiger partial charge < -0.3 is 10.2 Å². The van der Waals surface area contributed by atoms with E-state index >= 15 is 0 Å². The van der Waals surface area contributed by atoms with Crippen LogP contribution < -0.4 is 10.2 Å². The van der Waals surface area contributed by atoms with E-state index in [9.17, 15) is 14.9 Å². The second-order valence-electron chi connectivity index (χ2n) is 4.62. The molecule has 1 heterocycles. The van der Waals surface area contributed by atoms with Gasteiger partial charge in [0.05, 0.1) is 11.0 Å². The number of hydrogen-bond donors (Lipinski definition) is 1. The van der Waals surface area contributed by atoms with E-state index in [2.05, 4.69) is 5.32 Å². The largest absolute Gasteiger partial charge is 0.311 e. The van der Waals surface area contributed by atoms with Crippen molar-refractivity contribution in [1.82, 2.24) is 5.32 Å². The molecular weight excluding hydrogens is 246 g/mol. The first kappa shape index (κ1) is 13.5. The topological polar surface area (TPSA) is 75.5 Å². The number of carbonyl (C=O) groups excluding carboxylic acids is 1. The first-order chi connectivity index (χ1) is 9.04. The molecule has 0 aromatic heterocycles. The summed E-state index contributed by atoms with van der Waals surface area (Å²) in [5.74, 6) is 0.0406. The summed E-state index contributed by atoms with van der Waals surface area (Å²) in [7, 11) is 0. The van der Waals surface area contributed by atoms with Gasteiger partial charge in [0.2, 0.25) is 5.91 Å². The van der Waals surface area contributed by atoms with Gasteiger partial charge in [0.15, 0.2) is 0 Å². The Bertz CT molecular complexity index is 516. The molecule has 1 unspecified atom stereocenters. The zero-order chi connectivity index (χ0) is 14.0. The van der Waals surface area contributed by atoms with Crippen molar-refractivity contribution in [2.75, 3.05) is 18.0 Å². The summed E-state index contributed by atoms with van der Waals surface area (Å²) in [4.78, 5) is 24.2. The number of nitro benzene ring substituents is 1. The molecule has 1 amide bonds. The van der Waals surface area contributed by atoms with E-state index in [0.29, 0.717) is 6.54 Å². The minimum Gasteiger partial charge on any atom is -0.311 e. The molecule has 0 radical (unpaired) electrons. The molecule has 2 rings (SSSR count). The van der Waals surface area contributed by atoms with Crippen molar-refractivity contribution < 1.29 is 9.72 Å². The van der Waals surface area contributed by atoms with Gasteiger partial charge in [-0.05, 0) is 31.5 Å². The molecule has 1 saturated heterocycles. The first-order valence-electron chi connectivity index (χ1n) is 6.34. The SMILES string of the molecule is CCNC1CCN(c2ccc([N+](=O)[O-])cc2C)C1=O. The average Bonchev–Trinajstić information content (AvgIpc) is 2.72. The maximum absolute atomic E-state index is 12.2. The molecule has 102 valence electrons. The lowest BCUT2D eigenvalue weighted by Gasteiger charge is -2.19. The van der Waals surface area contributed by atoms with Crippen LogP contribution in [0.25, 0.3) is 0 Å². The molecule has 6 nitrogen and oxygen atoms in total. The molecule has 1 aliphatic rings. The quantitative estimate of drug-likeness (QED) is 0.661. The number of hydrogen-bond acceptors (Lipinski definition) is 4. The lowest BCUT2D eigenvalue weighted by Crippen LogP contribution is -2.38. The highest BCUT2D eigenvalue weighted by Gasteiger charge is 2.32. The van der Waals surface area contributed by atoms with Crippen LogP contribution in [0.15, 0.2) is 18.2 Å². The van der Waals surface area contributed by atoms with E-state index < -0.39 is 4.92 Å². The van der Waals surface area contributed by atoms with Crippen LogP contribution >= 0.6 is 0 Å². The highest BCUT2D eigenvalue weighted by molar-refractivity contribution is 6.00. The number of nitrogens with one attached hydrogen (secondary N) is 1. The number of benzene rings is 1. The van der Waals surface area contributed by atoms with E-state index in [1.807, 2.05) is 6.92 Å². The second kappa shape index (κ2) is 5.36. The number of nitrogens with zero attached hydrogens (tertiary/aromatic N) is 2. The van der Waals surface area contributed by atoms with Crippen LogP contribution in [0.4, 0.5) is 11.4 Å². The minimum absolute atomic E-state index is 0.0406. The predicted molar refractivity (Wildman–Crippen MR) is 72.3 cm³/mol. The Labute approximate surface area is 111 Å². The van der Waals surface area contributed by atoms with Gasteiger partial charge in [0.25, 0.3) is 5.69 Å². The number of rotatable bonds is 4. The summed E-state index contributed by atoms with van der Waals surface area (Å²) in [5, 5.41) is 13.8. The van der Waals surface area contributed by atoms with E-state index in [-0.39, 0.29) is 17.6 Å². The molecule has 1 aliphatic heterocycles. The molecule has 0 spiro atoms. The molecule has 1 aromatic rings. The van der Waals surface area contributed by atoms with Gasteiger partial charge in [-0.15, -0.1) is 0 Å². The molecule has 1 fully saturated rings. The Kier molecular flexibility index (Phi) is 3.80. The van der Waals surface area contributed by atoms with Crippen LogP contribution in [0, 0.1) is 17.0 Å². The number of carbonyl (C=O) groups is 1. The van der Waals surface area contributed by atoms with Gasteiger partial charge in [-0.1, -0.05) is 6.92 Å². The van der Waals surface area contributed by atoms with Crippen molar-refractivity contribution in [2.24, 2.45) is 0 Å². The van der Waals surface area contributed by atoms with E-state index in [4.69, 9.17) is 0 Å². The monoisotopic (exact) mass is 263 g/mol. The molecule has 0 saturated carbocycles. The van der Waals surface area contributed by atoms with Crippen molar-refractivity contribution >= 4 is 17.3 Å². The van der Waals surface area contributed by atoms with Crippen molar-refractivity contribution in [2.45, 2.75) is 26.3 Å². The fraction of sp³-hybridized carbons (Fsp3) is 0.462. The predicted octanol–water partition coefficient (Wildman–Crippen LogP) is 1.62. The van der Waals surface area contributed by atoms with Crippen LogP contribution in [0.5, 0.6) is 0 Å². The summed E-state index contributed by atoms with van der Waals surface area (Å²) in [5.41, 5.74) is 1.56. The van der Waals surface area contributed by atoms with Gasteiger partial charge in [0, 0.05) is 24.4 Å². The van der Waals surface area contributed by atoms with Gasteiger partial charge in [-0.25, -0.2) is 0 Å². The fourth-order valence-corrected chi connectivity index (χ4v) is 2.41. The Balaban J connectivity index is 2.24. The lowest BCUT2D eigenvalue weighted by molar-refractivity contribution is -0.384. The molecule has 19 heavy (non-hydrogen) atoms. The molecule has 1 N–H and O–H groups in total. The highest BCUT2D eigenvalue weighted by Crippen LogP contribution is 2.28. The Morgan fingerprint density at radius 1 is 1.53 bits per heavy atom. The third kappa shape index (κ3) is 2.58. The number of likely N-dealkylation sites (N-methyl/N-ethyl adjacent to an activating group) is 1. The molecule has 0 aliphatic carbocycles.